The smallest absolute Gasteiger partial charge is 0.467 e. The molecule has 0 aromatic heterocycles. The van der Waals surface area contributed by atoms with Crippen LogP contribution in [0.4, 0.5) is 5.69 Å². The Balaban J connectivity index is 1.75. The van der Waals surface area contributed by atoms with E-state index in [0.29, 0.717) is 17.2 Å². The molecule has 0 heterocycles. The molecule has 4 rings (SSSR count). The zero-order chi connectivity index (χ0) is 19.8. The van der Waals surface area contributed by atoms with E-state index in [1.165, 1.54) is 0 Å². The molecule has 144 valence electrons. The first-order chi connectivity index (χ1) is 14.3. The maximum absolute atomic E-state index is 6.40. The Bertz CT molecular complexity index is 828. The lowest BCUT2D eigenvalue weighted by atomic mass is 10.3. The van der Waals surface area contributed by atoms with Gasteiger partial charge in [0.1, 0.15) is 17.2 Å². The molecule has 0 fully saturated rings. The molecular formula is C24H21NO3Si. The normalized spacial score (nSPS) is 10.8. The Morgan fingerprint density at radius 1 is 0.414 bits per heavy atom. The van der Waals surface area contributed by atoms with Gasteiger partial charge in [0.25, 0.3) is 0 Å². The molecule has 0 atom stereocenters. The van der Waals surface area contributed by atoms with Crippen LogP contribution in [-0.4, -0.2) is 8.97 Å². The number of anilines is 1. The SMILES string of the molecule is c1ccc(N[Si](Oc2ccccc2)(Oc2ccccc2)Oc2ccccc2)cc1. The van der Waals surface area contributed by atoms with Gasteiger partial charge in [-0.05, 0) is 48.5 Å². The number of nitrogens with one attached hydrogen (secondary N) is 1. The molecule has 0 bridgehead atoms. The summed E-state index contributed by atoms with van der Waals surface area (Å²) in [5.41, 5.74) is 0.849. The molecule has 4 aromatic rings. The highest BCUT2D eigenvalue weighted by molar-refractivity contribution is 6.66. The molecule has 0 aliphatic heterocycles. The van der Waals surface area contributed by atoms with E-state index in [4.69, 9.17) is 13.3 Å². The highest BCUT2D eigenvalue weighted by Crippen LogP contribution is 2.25. The van der Waals surface area contributed by atoms with E-state index in [-0.39, 0.29) is 0 Å². The van der Waals surface area contributed by atoms with Gasteiger partial charge in [0.2, 0.25) is 0 Å². The van der Waals surface area contributed by atoms with Gasteiger partial charge in [-0.15, -0.1) is 0 Å². The molecule has 0 saturated carbocycles. The van der Waals surface area contributed by atoms with Crippen LogP contribution in [0.2, 0.25) is 0 Å². The van der Waals surface area contributed by atoms with Crippen LogP contribution in [-0.2, 0) is 0 Å². The van der Waals surface area contributed by atoms with Crippen molar-refractivity contribution < 1.29 is 13.3 Å². The van der Waals surface area contributed by atoms with Gasteiger partial charge in [-0.3, -0.25) is 0 Å². The third-order valence-corrected chi connectivity index (χ3v) is 6.17. The van der Waals surface area contributed by atoms with Gasteiger partial charge in [0, 0.05) is 5.69 Å². The van der Waals surface area contributed by atoms with Crippen molar-refractivity contribution in [2.45, 2.75) is 0 Å². The molecule has 29 heavy (non-hydrogen) atoms. The summed E-state index contributed by atoms with van der Waals surface area (Å²) in [4.78, 5) is 3.41. The zero-order valence-electron chi connectivity index (χ0n) is 15.8. The van der Waals surface area contributed by atoms with Gasteiger partial charge in [-0.1, -0.05) is 72.8 Å². The fourth-order valence-corrected chi connectivity index (χ4v) is 4.91. The van der Waals surface area contributed by atoms with Crippen LogP contribution < -0.4 is 18.3 Å². The van der Waals surface area contributed by atoms with Gasteiger partial charge in [-0.25, -0.2) is 0 Å². The van der Waals surface area contributed by atoms with Crippen molar-refractivity contribution in [3.8, 4) is 17.2 Å². The van der Waals surface area contributed by atoms with E-state index in [1.54, 1.807) is 0 Å². The standard InChI is InChI=1S/C24H21NO3Si/c1-5-13-21(14-6-1)25-29(26-22-15-7-2-8-16-22,27-23-17-9-3-10-18-23)28-24-19-11-4-12-20-24/h1-20,25H. The first kappa shape index (κ1) is 18.7. The van der Waals surface area contributed by atoms with Crippen molar-refractivity contribution in [1.29, 1.82) is 0 Å². The van der Waals surface area contributed by atoms with Crippen molar-refractivity contribution in [3.05, 3.63) is 121 Å². The molecule has 0 spiro atoms. The van der Waals surface area contributed by atoms with E-state index >= 15 is 0 Å². The summed E-state index contributed by atoms with van der Waals surface area (Å²) in [6, 6.07) is 38.4. The molecule has 4 nitrogen and oxygen atoms in total. The Morgan fingerprint density at radius 3 is 1.07 bits per heavy atom. The van der Waals surface area contributed by atoms with E-state index in [0.717, 1.165) is 5.69 Å². The zero-order valence-corrected chi connectivity index (χ0v) is 16.8. The second-order valence-corrected chi connectivity index (χ2v) is 8.27. The summed E-state index contributed by atoms with van der Waals surface area (Å²) in [6.07, 6.45) is 0. The van der Waals surface area contributed by atoms with Gasteiger partial charge in [0.15, 0.2) is 0 Å². The number of hydrogen-bond donors (Lipinski definition) is 1. The Labute approximate surface area is 171 Å². The molecular weight excluding hydrogens is 378 g/mol. The highest BCUT2D eigenvalue weighted by Gasteiger charge is 2.52. The Kier molecular flexibility index (Phi) is 5.78. The molecule has 0 radical (unpaired) electrons. The second kappa shape index (κ2) is 8.99. The number of para-hydroxylation sites is 4. The highest BCUT2D eigenvalue weighted by atomic mass is 28.4. The van der Waals surface area contributed by atoms with Crippen LogP contribution in [0.3, 0.4) is 0 Å². The average molecular weight is 400 g/mol. The Morgan fingerprint density at radius 2 is 0.724 bits per heavy atom. The van der Waals surface area contributed by atoms with E-state index < -0.39 is 8.97 Å². The predicted molar refractivity (Wildman–Crippen MR) is 117 cm³/mol. The fourth-order valence-electron chi connectivity index (χ4n) is 2.77. The topological polar surface area (TPSA) is 39.7 Å². The lowest BCUT2D eigenvalue weighted by molar-refractivity contribution is 0.271. The maximum Gasteiger partial charge on any atom is 0.839 e. The van der Waals surface area contributed by atoms with Crippen LogP contribution in [0.15, 0.2) is 121 Å². The van der Waals surface area contributed by atoms with Crippen molar-refractivity contribution in [2.24, 2.45) is 0 Å². The summed E-state index contributed by atoms with van der Waals surface area (Å²) < 4.78 is 19.2. The lowest BCUT2D eigenvalue weighted by Gasteiger charge is -2.30. The minimum Gasteiger partial charge on any atom is -0.467 e. The van der Waals surface area contributed by atoms with Gasteiger partial charge < -0.3 is 18.3 Å². The van der Waals surface area contributed by atoms with Gasteiger partial charge >= 0.3 is 8.97 Å². The predicted octanol–water partition coefficient (Wildman–Crippen LogP) is 5.77. The lowest BCUT2D eigenvalue weighted by Crippen LogP contribution is -2.62. The monoisotopic (exact) mass is 399 g/mol. The van der Waals surface area contributed by atoms with Crippen molar-refractivity contribution in [1.82, 2.24) is 0 Å². The molecule has 0 unspecified atom stereocenters. The van der Waals surface area contributed by atoms with Gasteiger partial charge in [0.05, 0.1) is 0 Å². The van der Waals surface area contributed by atoms with E-state index in [9.17, 15) is 0 Å². The first-order valence-corrected chi connectivity index (χ1v) is 11.1. The molecule has 0 saturated heterocycles. The minimum absolute atomic E-state index is 0.662. The average Bonchev–Trinajstić information content (AvgIpc) is 2.76. The summed E-state index contributed by atoms with van der Waals surface area (Å²) in [5, 5.41) is 0. The second-order valence-electron chi connectivity index (χ2n) is 6.29. The number of hydrogen-bond acceptors (Lipinski definition) is 4. The third kappa shape index (κ3) is 5.18. The number of benzene rings is 4. The van der Waals surface area contributed by atoms with Crippen molar-refractivity contribution in [2.75, 3.05) is 4.98 Å². The van der Waals surface area contributed by atoms with E-state index in [1.807, 2.05) is 121 Å². The van der Waals surface area contributed by atoms with Crippen LogP contribution in [0, 0.1) is 0 Å². The summed E-state index contributed by atoms with van der Waals surface area (Å²) >= 11 is 0. The molecule has 5 heteroatoms. The molecule has 0 aliphatic rings. The Hall–Kier alpha value is -3.70. The van der Waals surface area contributed by atoms with Crippen LogP contribution in [0.25, 0.3) is 0 Å². The largest absolute Gasteiger partial charge is 0.839 e. The summed E-state index contributed by atoms with van der Waals surface area (Å²) in [7, 11) is -3.51. The minimum atomic E-state index is -3.51. The molecule has 4 aromatic carbocycles. The molecule has 0 amide bonds. The molecule has 0 aliphatic carbocycles. The van der Waals surface area contributed by atoms with Crippen LogP contribution in [0.5, 0.6) is 17.2 Å². The van der Waals surface area contributed by atoms with Crippen LogP contribution >= 0.6 is 0 Å². The van der Waals surface area contributed by atoms with Gasteiger partial charge in [-0.2, -0.15) is 0 Å². The maximum atomic E-state index is 6.40. The van der Waals surface area contributed by atoms with E-state index in [2.05, 4.69) is 4.98 Å². The number of rotatable bonds is 8. The fraction of sp³-hybridized carbons (Fsp3) is 0. The first-order valence-electron chi connectivity index (χ1n) is 9.37. The van der Waals surface area contributed by atoms with Crippen molar-refractivity contribution >= 4 is 14.7 Å². The van der Waals surface area contributed by atoms with Crippen molar-refractivity contribution in [3.63, 3.8) is 0 Å². The van der Waals surface area contributed by atoms with Crippen LogP contribution in [0.1, 0.15) is 0 Å². The third-order valence-electron chi connectivity index (χ3n) is 4.06. The molecule has 1 N–H and O–H groups in total. The summed E-state index contributed by atoms with van der Waals surface area (Å²) in [6.45, 7) is 0. The summed E-state index contributed by atoms with van der Waals surface area (Å²) in [5.74, 6) is 1.98. The quantitative estimate of drug-likeness (QED) is 0.382.